The number of ether oxygens (including phenoxy) is 2. The zero-order chi connectivity index (χ0) is 14.0. The van der Waals surface area contributed by atoms with Gasteiger partial charge in [0.05, 0.1) is 11.5 Å². The van der Waals surface area contributed by atoms with Crippen LogP contribution in [0, 0.1) is 10.1 Å². The van der Waals surface area contributed by atoms with E-state index in [0.29, 0.717) is 0 Å². The molecule has 0 aliphatic carbocycles. The monoisotopic (exact) mass is 271 g/mol. The average Bonchev–Trinajstić information content (AvgIpc) is 2.40. The summed E-state index contributed by atoms with van der Waals surface area (Å²) in [5, 5.41) is 38.8. The summed E-state index contributed by atoms with van der Waals surface area (Å²) in [6.45, 7) is -0.171. The number of nitro groups is 1. The molecule has 1 aliphatic rings. The molecule has 8 nitrogen and oxygen atoms in total. The second kappa shape index (κ2) is 5.49. The van der Waals surface area contributed by atoms with Crippen molar-refractivity contribution in [2.75, 3.05) is 6.61 Å². The van der Waals surface area contributed by atoms with Crippen LogP contribution in [0.4, 0.5) is 5.69 Å². The largest absolute Gasteiger partial charge is 0.462 e. The van der Waals surface area contributed by atoms with E-state index in [2.05, 4.69) is 0 Å². The summed E-state index contributed by atoms with van der Waals surface area (Å²) in [6, 6.07) is 5.20. The maximum absolute atomic E-state index is 10.5. The lowest BCUT2D eigenvalue weighted by molar-refractivity contribution is -0.384. The third-order valence-corrected chi connectivity index (χ3v) is 2.75. The van der Waals surface area contributed by atoms with E-state index >= 15 is 0 Å². The second-order valence-corrected chi connectivity index (χ2v) is 4.12. The van der Waals surface area contributed by atoms with Crippen molar-refractivity contribution in [1.29, 1.82) is 0 Å². The fraction of sp³-hybridized carbons (Fsp3) is 0.455. The summed E-state index contributed by atoms with van der Waals surface area (Å²) in [6.07, 6.45) is -5.08. The highest BCUT2D eigenvalue weighted by atomic mass is 16.7. The van der Waals surface area contributed by atoms with Crippen LogP contribution in [0.2, 0.25) is 0 Å². The number of aliphatic hydroxyl groups is 3. The fourth-order valence-electron chi connectivity index (χ4n) is 1.66. The Balaban J connectivity index is 2.03. The van der Waals surface area contributed by atoms with Gasteiger partial charge < -0.3 is 24.8 Å². The Kier molecular flexibility index (Phi) is 3.96. The summed E-state index contributed by atoms with van der Waals surface area (Å²) < 4.78 is 10.3. The zero-order valence-corrected chi connectivity index (χ0v) is 9.75. The molecule has 1 aromatic rings. The van der Waals surface area contributed by atoms with Gasteiger partial charge in [0.1, 0.15) is 24.1 Å². The Morgan fingerprint density at radius 2 is 1.84 bits per heavy atom. The minimum Gasteiger partial charge on any atom is -0.462 e. The summed E-state index contributed by atoms with van der Waals surface area (Å²) >= 11 is 0. The van der Waals surface area contributed by atoms with Gasteiger partial charge in [0.15, 0.2) is 0 Å². The first kappa shape index (κ1) is 13.7. The van der Waals surface area contributed by atoms with Crippen LogP contribution in [0.1, 0.15) is 0 Å². The van der Waals surface area contributed by atoms with E-state index in [-0.39, 0.29) is 18.0 Å². The number of hydrogen-bond donors (Lipinski definition) is 3. The van der Waals surface area contributed by atoms with Gasteiger partial charge in [-0.2, -0.15) is 0 Å². The summed E-state index contributed by atoms with van der Waals surface area (Å²) in [5.41, 5.74) is -0.0899. The molecule has 0 aromatic heterocycles. The molecule has 3 N–H and O–H groups in total. The Morgan fingerprint density at radius 3 is 2.42 bits per heavy atom. The first-order valence-corrected chi connectivity index (χ1v) is 5.56. The molecule has 0 spiro atoms. The van der Waals surface area contributed by atoms with Crippen LogP contribution in [0.3, 0.4) is 0 Å². The highest BCUT2D eigenvalue weighted by Crippen LogP contribution is 2.22. The number of benzene rings is 1. The quantitative estimate of drug-likeness (QED) is 0.496. The Bertz CT molecular complexity index is 449. The number of aliphatic hydroxyl groups excluding tert-OH is 3. The molecule has 1 fully saturated rings. The molecular formula is C11H13NO7. The van der Waals surface area contributed by atoms with E-state index in [1.165, 1.54) is 24.3 Å². The van der Waals surface area contributed by atoms with E-state index in [9.17, 15) is 25.4 Å². The van der Waals surface area contributed by atoms with Gasteiger partial charge in [-0.05, 0) is 12.1 Å². The molecule has 19 heavy (non-hydrogen) atoms. The lowest BCUT2D eigenvalue weighted by Gasteiger charge is -2.34. The zero-order valence-electron chi connectivity index (χ0n) is 9.75. The molecule has 104 valence electrons. The molecule has 1 aromatic carbocycles. The van der Waals surface area contributed by atoms with Crippen molar-refractivity contribution >= 4 is 5.69 Å². The van der Waals surface area contributed by atoms with Crippen molar-refractivity contribution in [1.82, 2.24) is 0 Å². The Morgan fingerprint density at radius 1 is 1.21 bits per heavy atom. The third-order valence-electron chi connectivity index (χ3n) is 2.75. The van der Waals surface area contributed by atoms with Gasteiger partial charge >= 0.3 is 0 Å². The van der Waals surface area contributed by atoms with Crippen molar-refractivity contribution in [3.05, 3.63) is 34.4 Å². The normalized spacial score (nSPS) is 30.9. The summed E-state index contributed by atoms with van der Waals surface area (Å²) in [7, 11) is 0. The van der Waals surface area contributed by atoms with Gasteiger partial charge in [0.25, 0.3) is 5.69 Å². The lowest BCUT2D eigenvalue weighted by Crippen LogP contribution is -2.54. The molecule has 8 heteroatoms. The number of non-ortho nitro benzene ring substituents is 1. The molecule has 0 amide bonds. The van der Waals surface area contributed by atoms with Gasteiger partial charge in [-0.15, -0.1) is 0 Å². The van der Waals surface area contributed by atoms with Crippen molar-refractivity contribution in [3.8, 4) is 5.75 Å². The van der Waals surface area contributed by atoms with Crippen molar-refractivity contribution in [3.63, 3.8) is 0 Å². The summed E-state index contributed by atoms with van der Waals surface area (Å²) in [5.74, 6) is 0.248. The third kappa shape index (κ3) is 2.99. The number of hydrogen-bond acceptors (Lipinski definition) is 7. The van der Waals surface area contributed by atoms with Crippen LogP contribution in [0.5, 0.6) is 5.75 Å². The Labute approximate surface area is 108 Å². The van der Waals surface area contributed by atoms with Crippen LogP contribution in [-0.4, -0.2) is 51.5 Å². The van der Waals surface area contributed by atoms with Crippen LogP contribution in [0.25, 0.3) is 0 Å². The molecule has 1 saturated heterocycles. The summed E-state index contributed by atoms with van der Waals surface area (Å²) in [4.78, 5) is 9.93. The molecule has 0 radical (unpaired) electrons. The van der Waals surface area contributed by atoms with Crippen molar-refractivity contribution in [2.45, 2.75) is 24.6 Å². The molecule has 4 atom stereocenters. The van der Waals surface area contributed by atoms with Crippen LogP contribution >= 0.6 is 0 Å². The molecule has 1 heterocycles. The molecule has 0 bridgehead atoms. The van der Waals surface area contributed by atoms with Crippen molar-refractivity contribution in [2.24, 2.45) is 0 Å². The fourth-order valence-corrected chi connectivity index (χ4v) is 1.66. The molecule has 0 unspecified atom stereocenters. The molecule has 2 rings (SSSR count). The van der Waals surface area contributed by atoms with E-state index < -0.39 is 29.5 Å². The predicted molar refractivity (Wildman–Crippen MR) is 61.5 cm³/mol. The maximum atomic E-state index is 10.5. The average molecular weight is 271 g/mol. The van der Waals surface area contributed by atoms with Crippen LogP contribution < -0.4 is 4.74 Å². The number of nitro benzene ring substituents is 1. The molecule has 1 aliphatic heterocycles. The second-order valence-electron chi connectivity index (χ2n) is 4.12. The predicted octanol–water partition coefficient (Wildman–Crippen LogP) is -0.587. The first-order chi connectivity index (χ1) is 8.99. The van der Waals surface area contributed by atoms with E-state index in [0.717, 1.165) is 0 Å². The smallest absolute Gasteiger partial charge is 0.269 e. The van der Waals surface area contributed by atoms with Crippen LogP contribution in [0.15, 0.2) is 24.3 Å². The number of nitrogens with zero attached hydrogens (tertiary/aromatic N) is 1. The van der Waals surface area contributed by atoms with Gasteiger partial charge in [-0.3, -0.25) is 10.1 Å². The SMILES string of the molecule is O=[N+]([O-])c1ccc(O[C@H]2OC[C@H](O)[C@@H](O)[C@@H]2O)cc1. The van der Waals surface area contributed by atoms with Gasteiger partial charge in [-0.1, -0.05) is 0 Å². The highest BCUT2D eigenvalue weighted by Gasteiger charge is 2.38. The van der Waals surface area contributed by atoms with Gasteiger partial charge in [-0.25, -0.2) is 0 Å². The first-order valence-electron chi connectivity index (χ1n) is 5.56. The standard InChI is InChI=1S/C11H13NO7/c13-8-5-18-11(10(15)9(8)14)19-7-3-1-6(2-4-7)12(16)17/h1-4,8-11,13-15H,5H2/t8-,9+,10-,11+/m0/s1. The van der Waals surface area contributed by atoms with E-state index in [1.807, 2.05) is 0 Å². The Hall–Kier alpha value is -1.74. The van der Waals surface area contributed by atoms with Gasteiger partial charge in [0, 0.05) is 12.1 Å². The van der Waals surface area contributed by atoms with E-state index in [4.69, 9.17) is 9.47 Å². The maximum Gasteiger partial charge on any atom is 0.269 e. The topological polar surface area (TPSA) is 122 Å². The minimum absolute atomic E-state index is 0.0899. The molecular weight excluding hydrogens is 258 g/mol. The van der Waals surface area contributed by atoms with Crippen molar-refractivity contribution < 1.29 is 29.7 Å². The van der Waals surface area contributed by atoms with E-state index in [1.54, 1.807) is 0 Å². The lowest BCUT2D eigenvalue weighted by atomic mass is 10.1. The van der Waals surface area contributed by atoms with Gasteiger partial charge in [0.2, 0.25) is 6.29 Å². The number of rotatable bonds is 3. The molecule has 0 saturated carbocycles. The highest BCUT2D eigenvalue weighted by molar-refractivity contribution is 5.36. The van der Waals surface area contributed by atoms with Crippen LogP contribution in [-0.2, 0) is 4.74 Å². The minimum atomic E-state index is -1.40.